The Balaban J connectivity index is -0.000000514. The summed E-state index contributed by atoms with van der Waals surface area (Å²) in [4.78, 5) is 4.36. The average Bonchev–Trinajstić information content (AvgIpc) is 2.63. The van der Waals surface area contributed by atoms with Gasteiger partial charge in [0.1, 0.15) is 0 Å². The summed E-state index contributed by atoms with van der Waals surface area (Å²) in [5.74, 6) is 0. The topological polar surface area (TPSA) is 72.1 Å². The Bertz CT molecular complexity index is 596. The molecular formula is C17H12ClCrNO3. The first-order valence-corrected chi connectivity index (χ1v) is 6.13. The van der Waals surface area contributed by atoms with Crippen molar-refractivity contribution in [1.29, 1.82) is 0 Å². The predicted molar refractivity (Wildman–Crippen MR) is 81.0 cm³/mol. The Hall–Kier alpha value is -1.85. The Labute approximate surface area is 151 Å². The van der Waals surface area contributed by atoms with Gasteiger partial charge in [-0.25, -0.2) is 0 Å². The van der Waals surface area contributed by atoms with Crippen molar-refractivity contribution in [3.05, 3.63) is 90.7 Å². The molecule has 0 amide bonds. The second kappa shape index (κ2) is 20.2. The molecule has 0 bridgehead atoms. The van der Waals surface area contributed by atoms with E-state index in [1.54, 1.807) is 0 Å². The maximum Gasteiger partial charge on any atom is 0 e. The van der Waals surface area contributed by atoms with Gasteiger partial charge < -0.3 is 0 Å². The Kier molecular flexibility index (Phi) is 22.8. The van der Waals surface area contributed by atoms with Crippen LogP contribution >= 0.6 is 11.6 Å². The van der Waals surface area contributed by atoms with Crippen molar-refractivity contribution in [1.82, 2.24) is 0 Å². The van der Waals surface area contributed by atoms with Gasteiger partial charge in [0, 0.05) is 34.2 Å². The molecule has 0 saturated heterocycles. The van der Waals surface area contributed by atoms with Crippen molar-refractivity contribution in [3.63, 3.8) is 0 Å². The largest absolute Gasteiger partial charge is 0 e. The van der Waals surface area contributed by atoms with Crippen molar-refractivity contribution in [2.45, 2.75) is 6.54 Å². The third kappa shape index (κ3) is 12.4. The molecule has 2 rings (SSSR count). The molecule has 0 aromatic heterocycles. The smallest absolute Gasteiger partial charge is 0 e. The van der Waals surface area contributed by atoms with Crippen molar-refractivity contribution in [2.75, 3.05) is 0 Å². The number of benzene rings is 2. The van der Waals surface area contributed by atoms with E-state index in [9.17, 15) is 0 Å². The van der Waals surface area contributed by atoms with Gasteiger partial charge in [0.05, 0.1) is 6.54 Å². The molecule has 0 fully saturated rings. The molecule has 0 saturated carbocycles. The maximum absolute atomic E-state index is 7.50. The van der Waals surface area contributed by atoms with E-state index < -0.39 is 0 Å². The normalized spacial score (nSPS) is 7.78. The van der Waals surface area contributed by atoms with Crippen LogP contribution in [0, 0.1) is 20.0 Å². The van der Waals surface area contributed by atoms with E-state index in [0.717, 1.165) is 10.6 Å². The second-order valence-electron chi connectivity index (χ2n) is 3.48. The van der Waals surface area contributed by atoms with Crippen LogP contribution in [-0.2, 0) is 37.9 Å². The van der Waals surface area contributed by atoms with Crippen molar-refractivity contribution in [2.24, 2.45) is 4.99 Å². The van der Waals surface area contributed by atoms with Crippen molar-refractivity contribution < 1.29 is 31.3 Å². The second-order valence-corrected chi connectivity index (χ2v) is 3.88. The summed E-state index contributed by atoms with van der Waals surface area (Å²) >= 11 is 6.01. The van der Waals surface area contributed by atoms with E-state index >= 15 is 0 Å². The minimum atomic E-state index is 0. The molecule has 0 spiro atoms. The summed E-state index contributed by atoms with van der Waals surface area (Å²) < 4.78 is 22.5. The van der Waals surface area contributed by atoms with Crippen molar-refractivity contribution in [3.8, 4) is 0 Å². The first kappa shape index (κ1) is 26.1. The molecule has 0 N–H and O–H groups in total. The Morgan fingerprint density at radius 2 is 1.30 bits per heavy atom. The first-order chi connectivity index (χ1) is 10.9. The molecule has 0 aliphatic heterocycles. The van der Waals surface area contributed by atoms with Gasteiger partial charge in [-0.1, -0.05) is 60.1 Å². The van der Waals surface area contributed by atoms with Crippen LogP contribution in [0.1, 0.15) is 11.1 Å². The molecule has 0 radical (unpaired) electrons. The van der Waals surface area contributed by atoms with Gasteiger partial charge in [0.2, 0.25) is 0 Å². The van der Waals surface area contributed by atoms with Gasteiger partial charge in [-0.2, -0.15) is 0 Å². The summed E-state index contributed by atoms with van der Waals surface area (Å²) in [5, 5.41) is 0.735. The molecule has 0 atom stereocenters. The maximum atomic E-state index is 7.50. The van der Waals surface area contributed by atoms with Crippen molar-refractivity contribution >= 4 is 17.8 Å². The van der Waals surface area contributed by atoms with Gasteiger partial charge in [-0.3, -0.25) is 4.99 Å². The van der Waals surface area contributed by atoms with Gasteiger partial charge in [0.25, 0.3) is 0 Å². The average molecular weight is 366 g/mol. The minimum absolute atomic E-state index is 0. The van der Waals surface area contributed by atoms with Crippen LogP contribution in [0.25, 0.3) is 0 Å². The van der Waals surface area contributed by atoms with Crippen LogP contribution in [0.4, 0.5) is 0 Å². The molecule has 0 heterocycles. The summed E-state index contributed by atoms with van der Waals surface area (Å²) in [6.45, 7) is 14.2. The minimum Gasteiger partial charge on any atom is 0 e. The zero-order chi connectivity index (χ0) is 17.2. The molecular weight excluding hydrogens is 354 g/mol. The molecule has 0 aliphatic carbocycles. The number of halogens is 1. The van der Waals surface area contributed by atoms with E-state index in [1.165, 1.54) is 5.56 Å². The molecule has 116 valence electrons. The monoisotopic (exact) mass is 365 g/mol. The molecule has 2 aromatic carbocycles. The van der Waals surface area contributed by atoms with Crippen LogP contribution in [-0.4, -0.2) is 6.21 Å². The third-order valence-electron chi connectivity index (χ3n) is 2.25. The Morgan fingerprint density at radius 1 is 0.826 bits per heavy atom. The van der Waals surface area contributed by atoms with E-state index in [-0.39, 0.29) is 17.4 Å². The van der Waals surface area contributed by atoms with E-state index in [2.05, 4.69) is 37.1 Å². The van der Waals surface area contributed by atoms with Crippen LogP contribution in [0.15, 0.2) is 59.6 Å². The molecule has 4 nitrogen and oxygen atoms in total. The quantitative estimate of drug-likeness (QED) is 0.450. The van der Waals surface area contributed by atoms with Crippen LogP contribution < -0.4 is 0 Å². The number of aliphatic imine (C=N–C) groups is 1. The third-order valence-corrected chi connectivity index (χ3v) is 2.60. The van der Waals surface area contributed by atoms with Gasteiger partial charge in [-0.15, -0.1) is 0 Å². The summed E-state index contributed by atoms with van der Waals surface area (Å²) in [5.41, 5.74) is 2.16. The Morgan fingerprint density at radius 3 is 1.83 bits per heavy atom. The molecule has 6 heteroatoms. The van der Waals surface area contributed by atoms with Gasteiger partial charge in [-0.05, 0) is 11.6 Å². The number of nitrogens with zero attached hydrogens (tertiary/aromatic N) is 1. The predicted octanol–water partition coefficient (Wildman–Crippen LogP) is 3.84. The number of hydrogen-bond acceptors (Lipinski definition) is 1. The first-order valence-electron chi connectivity index (χ1n) is 5.76. The molecule has 0 unspecified atom stereocenters. The molecule has 2 aromatic rings. The summed E-state index contributed by atoms with van der Waals surface area (Å²) in [6, 6.07) is 17.8. The van der Waals surface area contributed by atoms with Gasteiger partial charge >= 0.3 is 33.9 Å². The van der Waals surface area contributed by atoms with Gasteiger partial charge in [0.15, 0.2) is 0 Å². The number of hydrogen-bond donors (Lipinski definition) is 0. The standard InChI is InChI=1S/C14H12ClN.3CO.Cr/c15-14-9-5-4-8-13(14)11-16-10-12-6-2-1-3-7-12;3*1-2;/h1-9,11H,10H2;;;;. The van der Waals surface area contributed by atoms with E-state index in [4.69, 9.17) is 25.6 Å². The molecule has 0 aliphatic rings. The zero-order valence-corrected chi connectivity index (χ0v) is 14.0. The fourth-order valence-corrected chi connectivity index (χ4v) is 1.60. The fourth-order valence-electron chi connectivity index (χ4n) is 1.41. The van der Waals surface area contributed by atoms with E-state index in [1.807, 2.05) is 48.7 Å². The summed E-state index contributed by atoms with van der Waals surface area (Å²) in [7, 11) is 0. The summed E-state index contributed by atoms with van der Waals surface area (Å²) in [6.07, 6.45) is 1.81. The number of rotatable bonds is 3. The SMILES string of the molecule is Clc1ccccc1C=NCc1ccccc1.[C-]#[O+].[C-]#[O+].[C-]#[O+].[Cr]. The zero-order valence-electron chi connectivity index (χ0n) is 11.9. The van der Waals surface area contributed by atoms with Crippen LogP contribution in [0.2, 0.25) is 5.02 Å². The van der Waals surface area contributed by atoms with Crippen LogP contribution in [0.3, 0.4) is 0 Å². The van der Waals surface area contributed by atoms with E-state index in [0.29, 0.717) is 6.54 Å². The van der Waals surface area contributed by atoms with Crippen LogP contribution in [0.5, 0.6) is 0 Å². The molecule has 23 heavy (non-hydrogen) atoms. The fraction of sp³-hybridized carbons (Fsp3) is 0.0588.